The van der Waals surface area contributed by atoms with Crippen LogP contribution in [0.5, 0.6) is 11.5 Å². The highest BCUT2D eigenvalue weighted by atomic mass is 28.3. The van der Waals surface area contributed by atoms with Crippen LogP contribution in [0, 0.1) is 11.6 Å². The summed E-state index contributed by atoms with van der Waals surface area (Å²) >= 11 is 0. The van der Waals surface area contributed by atoms with Gasteiger partial charge in [-0.1, -0.05) is 63.5 Å². The number of halogens is 2. The van der Waals surface area contributed by atoms with Crippen LogP contribution in [-0.4, -0.2) is 163 Å². The van der Waals surface area contributed by atoms with E-state index in [0.29, 0.717) is 56.5 Å². The van der Waals surface area contributed by atoms with Gasteiger partial charge in [0.05, 0.1) is 36.3 Å². The molecular formula is C59H81F2N9O8Si2. The minimum Gasteiger partial charge on any atom is -0.494 e. The van der Waals surface area contributed by atoms with Gasteiger partial charge in [0, 0.05) is 124 Å². The second-order valence-electron chi connectivity index (χ2n) is 23.7. The zero-order valence-electron chi connectivity index (χ0n) is 48.9. The minimum atomic E-state index is -1.30. The maximum Gasteiger partial charge on any atom is 0.292 e. The number of fused-ring (bicyclic) bond motifs is 2. The number of benzene rings is 2. The van der Waals surface area contributed by atoms with Gasteiger partial charge in [0.25, 0.3) is 23.5 Å². The van der Waals surface area contributed by atoms with Gasteiger partial charge in [-0.15, -0.1) is 0 Å². The topological polar surface area (TPSA) is 166 Å². The molecule has 4 aromatic heterocycles. The molecule has 4 atom stereocenters. The minimum absolute atomic E-state index is 0.00397. The van der Waals surface area contributed by atoms with E-state index in [1.54, 1.807) is 41.0 Å². The van der Waals surface area contributed by atoms with Crippen molar-refractivity contribution in [2.75, 3.05) is 60.7 Å². The van der Waals surface area contributed by atoms with Crippen LogP contribution in [0.3, 0.4) is 0 Å². The lowest BCUT2D eigenvalue weighted by Crippen LogP contribution is -2.57. The van der Waals surface area contributed by atoms with Gasteiger partial charge in [-0.3, -0.25) is 29.0 Å². The number of methoxy groups -OCH3 is 2. The standard InChI is InChI=1S/C31H42FN5O5Si.C28H39FN4O3Si/c1-20-16-37(21(2)15-35(20)17-22-8-10-23(32)11-9-22)31(40)28-26(41-4)14-25-27(34-28)24(29(38)30(39)33-3)18-36(25)19-42-12-13-43(5,6)7;1-20-17-33(21(2)16-32(20)18-22-7-9-23(29)10-8-22)28(34)27-26(35-3)15-25-24(30-27)11-12-31(25)19-36-13-14-37(4,5)6/h8-11,14,18,20-21H,12-13,15-17,19H2,1-7H3,(H,33,39);7-12,15,20-21H,13-14,16-19H2,1-6H3/t2*20-,21+/m00/s1. The number of pyridine rings is 2. The molecule has 0 bridgehead atoms. The van der Waals surface area contributed by atoms with E-state index in [-0.39, 0.29) is 76.9 Å². The van der Waals surface area contributed by atoms with Gasteiger partial charge in [0.2, 0.25) is 0 Å². The molecule has 6 aromatic rings. The Hall–Kier alpha value is -6.37. The zero-order chi connectivity index (χ0) is 58.2. The molecule has 8 rings (SSSR count). The van der Waals surface area contributed by atoms with Crippen LogP contribution in [0.4, 0.5) is 8.78 Å². The van der Waals surface area contributed by atoms with E-state index >= 15 is 0 Å². The number of carbonyl (C=O) groups excluding carboxylic acids is 4. The van der Waals surface area contributed by atoms with Crippen molar-refractivity contribution in [3.05, 3.63) is 119 Å². The number of hydrogen-bond donors (Lipinski definition) is 1. The third kappa shape index (κ3) is 15.3. The lowest BCUT2D eigenvalue weighted by atomic mass is 10.1. The van der Waals surface area contributed by atoms with Gasteiger partial charge in [0.1, 0.15) is 30.6 Å². The smallest absolute Gasteiger partial charge is 0.292 e. The number of aromatic nitrogens is 4. The molecule has 21 heteroatoms. The Balaban J connectivity index is 0.000000234. The average Bonchev–Trinajstić information content (AvgIpc) is 4.18. The quantitative estimate of drug-likeness (QED) is 0.0334. The molecule has 432 valence electrons. The summed E-state index contributed by atoms with van der Waals surface area (Å²) in [5.41, 5.74) is 4.94. The van der Waals surface area contributed by atoms with E-state index in [0.717, 1.165) is 53.9 Å². The van der Waals surface area contributed by atoms with Crippen molar-refractivity contribution in [2.45, 2.75) is 130 Å². The van der Waals surface area contributed by atoms with E-state index in [1.165, 1.54) is 38.4 Å². The van der Waals surface area contributed by atoms with Crippen LogP contribution in [0.1, 0.15) is 70.2 Å². The Labute approximate surface area is 471 Å². The van der Waals surface area contributed by atoms with Crippen molar-refractivity contribution in [3.63, 3.8) is 0 Å². The number of rotatable bonds is 20. The highest BCUT2D eigenvalue weighted by Gasteiger charge is 2.37. The SMILES string of the molecule is CNC(=O)C(=O)c1cn(COCC[Si](C)(C)C)c2cc(OC)c(C(=O)N3C[C@H](C)N(Cc4ccc(F)cc4)C[C@H]3C)nc12.COc1cc2c(ccn2COCC[Si](C)(C)C)nc1C(=O)N1C[C@H](C)N(Cc2ccc(F)cc2)C[C@H]1C. The maximum absolute atomic E-state index is 14.0. The van der Waals surface area contributed by atoms with Crippen LogP contribution < -0.4 is 14.8 Å². The number of hydrogen-bond acceptors (Lipinski definition) is 12. The molecule has 2 aromatic carbocycles. The first-order valence-electron chi connectivity index (χ1n) is 27.5. The number of ether oxygens (including phenoxy) is 4. The number of carbonyl (C=O) groups is 4. The third-order valence-corrected chi connectivity index (χ3v) is 18.3. The van der Waals surface area contributed by atoms with Crippen molar-refractivity contribution in [1.29, 1.82) is 0 Å². The highest BCUT2D eigenvalue weighted by molar-refractivity contribution is 6.76. The van der Waals surface area contributed by atoms with E-state index in [9.17, 15) is 28.0 Å². The largest absolute Gasteiger partial charge is 0.494 e. The van der Waals surface area contributed by atoms with Crippen LogP contribution >= 0.6 is 0 Å². The predicted molar refractivity (Wildman–Crippen MR) is 313 cm³/mol. The van der Waals surface area contributed by atoms with Crippen molar-refractivity contribution in [3.8, 4) is 11.5 Å². The van der Waals surface area contributed by atoms with Gasteiger partial charge < -0.3 is 43.2 Å². The number of piperazine rings is 2. The Kier molecular flexibility index (Phi) is 20.3. The molecule has 0 saturated carbocycles. The molecule has 2 saturated heterocycles. The summed E-state index contributed by atoms with van der Waals surface area (Å²) in [5, 5.41) is 2.38. The lowest BCUT2D eigenvalue weighted by molar-refractivity contribution is -0.116. The summed E-state index contributed by atoms with van der Waals surface area (Å²) in [6.07, 6.45) is 3.50. The normalized spacial score (nSPS) is 18.3. The van der Waals surface area contributed by atoms with Crippen molar-refractivity contribution in [1.82, 2.24) is 44.0 Å². The molecule has 0 spiro atoms. The third-order valence-electron chi connectivity index (χ3n) is 14.9. The number of Topliss-reactive ketones (excluding diaryl/α,β-unsaturated/α-hetero) is 1. The summed E-state index contributed by atoms with van der Waals surface area (Å²) < 4.78 is 53.5. The summed E-state index contributed by atoms with van der Waals surface area (Å²) in [7, 11) is 1.99. The lowest BCUT2D eigenvalue weighted by Gasteiger charge is -2.44. The second-order valence-corrected chi connectivity index (χ2v) is 34.9. The number of amides is 3. The molecule has 0 unspecified atom stereocenters. The Morgan fingerprint density at radius 3 is 1.51 bits per heavy atom. The first kappa shape index (κ1) is 61.3. The summed E-state index contributed by atoms with van der Waals surface area (Å²) in [4.78, 5) is 70.7. The average molecular weight is 1140 g/mol. The number of ketones is 1. The maximum atomic E-state index is 14.0. The Bertz CT molecular complexity index is 3120. The summed E-state index contributed by atoms with van der Waals surface area (Å²) in [5.74, 6) is -1.74. The van der Waals surface area contributed by atoms with Gasteiger partial charge in [-0.2, -0.15) is 0 Å². The highest BCUT2D eigenvalue weighted by Crippen LogP contribution is 2.32. The first-order chi connectivity index (χ1) is 37.9. The summed E-state index contributed by atoms with van der Waals surface area (Å²) in [6, 6.07) is 20.7. The van der Waals surface area contributed by atoms with Crippen molar-refractivity contribution < 1.29 is 46.9 Å². The monoisotopic (exact) mass is 1140 g/mol. The van der Waals surface area contributed by atoms with Crippen LogP contribution in [0.25, 0.3) is 22.1 Å². The molecule has 17 nitrogen and oxygen atoms in total. The molecule has 6 heterocycles. The molecule has 0 aliphatic carbocycles. The summed E-state index contributed by atoms with van der Waals surface area (Å²) in [6.45, 7) is 27.6. The van der Waals surface area contributed by atoms with Crippen LogP contribution in [0.15, 0.2) is 79.1 Å². The van der Waals surface area contributed by atoms with Gasteiger partial charge in [0.15, 0.2) is 22.9 Å². The number of likely N-dealkylation sites (N-methyl/N-ethyl adjacent to an activating group) is 1. The van der Waals surface area contributed by atoms with Gasteiger partial charge >= 0.3 is 0 Å². The van der Waals surface area contributed by atoms with Crippen LogP contribution in [0.2, 0.25) is 51.4 Å². The fourth-order valence-electron chi connectivity index (χ4n) is 9.93. The fourth-order valence-corrected chi connectivity index (χ4v) is 11.4. The van der Waals surface area contributed by atoms with Gasteiger partial charge in [-0.05, 0) is 81.2 Å². The molecular weight excluding hydrogens is 1060 g/mol. The van der Waals surface area contributed by atoms with E-state index < -0.39 is 27.8 Å². The molecule has 2 fully saturated rings. The zero-order valence-corrected chi connectivity index (χ0v) is 50.9. The van der Waals surface area contributed by atoms with E-state index in [4.69, 9.17) is 23.9 Å². The molecule has 80 heavy (non-hydrogen) atoms. The van der Waals surface area contributed by atoms with Gasteiger partial charge in [-0.25, -0.2) is 18.7 Å². The first-order valence-corrected chi connectivity index (χ1v) is 34.9. The second kappa shape index (κ2) is 26.5. The molecule has 0 radical (unpaired) electrons. The predicted octanol–water partition coefficient (Wildman–Crippen LogP) is 9.39. The molecule has 2 aliphatic heterocycles. The van der Waals surface area contributed by atoms with Crippen LogP contribution in [-0.2, 0) is 40.8 Å². The molecule has 2 aliphatic rings. The Morgan fingerprint density at radius 1 is 0.613 bits per heavy atom. The molecule has 3 amide bonds. The number of nitrogens with zero attached hydrogens (tertiary/aromatic N) is 8. The van der Waals surface area contributed by atoms with E-state index in [2.05, 4.69) is 73.2 Å². The van der Waals surface area contributed by atoms with E-state index in [1.807, 2.05) is 53.8 Å². The van der Waals surface area contributed by atoms with Crippen molar-refractivity contribution in [2.24, 2.45) is 0 Å². The molecule has 1 N–H and O–H groups in total. The Morgan fingerprint density at radius 2 is 1.06 bits per heavy atom. The fraction of sp³-hybridized carbons (Fsp3) is 0.492. The van der Waals surface area contributed by atoms with Crippen molar-refractivity contribution >= 4 is 61.7 Å². The number of nitrogens with one attached hydrogen (secondary N) is 1.